The van der Waals surface area contributed by atoms with Gasteiger partial charge in [-0.3, -0.25) is 0 Å². The highest BCUT2D eigenvalue weighted by atomic mass is 16.6. The molecule has 0 bridgehead atoms. The molecule has 0 amide bonds. The molecule has 1 N–H and O–H groups in total. The summed E-state index contributed by atoms with van der Waals surface area (Å²) >= 11 is 0. The molecule has 0 aliphatic heterocycles. The molecule has 0 spiro atoms. The number of fused-ring (bicyclic) bond motifs is 1. The number of aromatic nitrogens is 1. The summed E-state index contributed by atoms with van der Waals surface area (Å²) in [5.74, 6) is 0. The number of rotatable bonds is 4. The number of methoxy groups -OCH3 is 1. The van der Waals surface area contributed by atoms with Gasteiger partial charge in [0.1, 0.15) is 0 Å². The Bertz CT molecular complexity index is 970. The zero-order valence-corrected chi connectivity index (χ0v) is 17.2. The van der Waals surface area contributed by atoms with Crippen LogP contribution in [0, 0.1) is 19.3 Å². The number of aliphatic hydroxyl groups excluding tert-OH is 1. The zero-order chi connectivity index (χ0) is 19.8. The maximum absolute atomic E-state index is 10.4. The van der Waals surface area contributed by atoms with Crippen LogP contribution in [0.3, 0.4) is 0 Å². The summed E-state index contributed by atoms with van der Waals surface area (Å²) in [7, 11) is 1.52. The fourth-order valence-electron chi connectivity index (χ4n) is 3.64. The molecule has 3 heteroatoms. The van der Waals surface area contributed by atoms with E-state index in [1.807, 2.05) is 6.20 Å². The first-order chi connectivity index (χ1) is 12.7. The van der Waals surface area contributed by atoms with Gasteiger partial charge in [0.15, 0.2) is 6.20 Å². The highest BCUT2D eigenvalue weighted by molar-refractivity contribution is 5.94. The summed E-state index contributed by atoms with van der Waals surface area (Å²) in [4.78, 5) is 0. The largest absolute Gasteiger partial charge is 0.378 e. The van der Waals surface area contributed by atoms with Crippen molar-refractivity contribution in [3.8, 4) is 11.3 Å². The molecule has 0 aliphatic carbocycles. The number of hydrogen-bond acceptors (Lipinski definition) is 2. The number of nitrogens with zero attached hydrogens (tertiary/aromatic N) is 1. The van der Waals surface area contributed by atoms with Gasteiger partial charge in [0.25, 0.3) is 0 Å². The van der Waals surface area contributed by atoms with E-state index in [9.17, 15) is 5.11 Å². The molecule has 0 radical (unpaired) electrons. The van der Waals surface area contributed by atoms with Crippen molar-refractivity contribution < 1.29 is 14.4 Å². The van der Waals surface area contributed by atoms with Gasteiger partial charge in [-0.05, 0) is 54.3 Å². The van der Waals surface area contributed by atoms with E-state index in [1.54, 1.807) is 4.57 Å². The molecule has 3 nitrogen and oxygen atoms in total. The smallest absolute Gasteiger partial charge is 0.313 e. The van der Waals surface area contributed by atoms with Crippen molar-refractivity contribution in [2.24, 2.45) is 5.41 Å². The second-order valence-corrected chi connectivity index (χ2v) is 8.61. The Morgan fingerprint density at radius 1 is 1.04 bits per heavy atom. The molecule has 3 aromatic rings. The van der Waals surface area contributed by atoms with Crippen molar-refractivity contribution in [2.45, 2.75) is 47.5 Å². The molecule has 1 atom stereocenters. The minimum Gasteiger partial charge on any atom is -0.313 e. The molecule has 27 heavy (non-hydrogen) atoms. The number of ether oxygens (including phenoxy) is 1. The third kappa shape index (κ3) is 4.20. The van der Waals surface area contributed by atoms with Gasteiger partial charge in [-0.15, -0.1) is 4.57 Å². The fraction of sp³-hybridized carbons (Fsp3) is 0.375. The molecular formula is C24H30NO2+. The molecule has 1 aromatic heterocycles. The molecule has 142 valence electrons. The fourth-order valence-corrected chi connectivity index (χ4v) is 3.64. The van der Waals surface area contributed by atoms with Crippen molar-refractivity contribution >= 4 is 10.8 Å². The van der Waals surface area contributed by atoms with E-state index in [4.69, 9.17) is 4.74 Å². The van der Waals surface area contributed by atoms with Crippen molar-refractivity contribution in [3.63, 3.8) is 0 Å². The number of hydrogen-bond donors (Lipinski definition) is 1. The summed E-state index contributed by atoms with van der Waals surface area (Å²) in [5.41, 5.74) is 6.02. The average molecular weight is 365 g/mol. The van der Waals surface area contributed by atoms with Crippen LogP contribution in [-0.2, 0) is 11.2 Å². The molecule has 2 aromatic carbocycles. The second kappa shape index (κ2) is 7.41. The van der Waals surface area contributed by atoms with Crippen molar-refractivity contribution in [1.82, 2.24) is 0 Å². The van der Waals surface area contributed by atoms with Gasteiger partial charge >= 0.3 is 6.41 Å². The standard InChI is InChI=1S/C24H30NO2/c1-16-7-8-17(2)21(13-16)22-20-10-9-18(15-24(3,4)5)14-19(20)11-12-25(22)23(26)27-6/h7-14,23,26H,15H2,1-6H3/q+1/t23-/m0/s1. The zero-order valence-electron chi connectivity index (χ0n) is 17.2. The Morgan fingerprint density at radius 3 is 2.44 bits per heavy atom. The molecule has 0 saturated carbocycles. The predicted molar refractivity (Wildman–Crippen MR) is 110 cm³/mol. The van der Waals surface area contributed by atoms with Crippen LogP contribution in [0.25, 0.3) is 22.0 Å². The lowest BCUT2D eigenvalue weighted by Crippen LogP contribution is -2.42. The summed E-state index contributed by atoms with van der Waals surface area (Å²) < 4.78 is 7.02. The van der Waals surface area contributed by atoms with Crippen LogP contribution in [0.2, 0.25) is 0 Å². The Morgan fingerprint density at radius 2 is 1.78 bits per heavy atom. The number of aryl methyl sites for hydroxylation is 2. The molecule has 1 heterocycles. The normalized spacial score (nSPS) is 13.1. The monoisotopic (exact) mass is 364 g/mol. The SMILES string of the molecule is CO[C@H](O)[n+]1ccc2cc(CC(C)(C)C)ccc2c1-c1cc(C)ccc1C. The third-order valence-electron chi connectivity index (χ3n) is 4.88. The van der Waals surface area contributed by atoms with Crippen LogP contribution in [0.1, 0.15) is 43.9 Å². The van der Waals surface area contributed by atoms with Gasteiger partial charge < -0.3 is 9.84 Å². The minimum atomic E-state index is -1.03. The summed E-state index contributed by atoms with van der Waals surface area (Å²) in [5, 5.41) is 12.7. The van der Waals surface area contributed by atoms with Crippen LogP contribution in [0.4, 0.5) is 0 Å². The first-order valence-electron chi connectivity index (χ1n) is 9.45. The molecule has 0 fully saturated rings. The lowest BCUT2D eigenvalue weighted by atomic mass is 9.87. The van der Waals surface area contributed by atoms with Crippen molar-refractivity contribution in [3.05, 3.63) is 65.4 Å². The van der Waals surface area contributed by atoms with Gasteiger partial charge in [-0.2, -0.15) is 0 Å². The first-order valence-corrected chi connectivity index (χ1v) is 9.45. The van der Waals surface area contributed by atoms with Crippen molar-refractivity contribution in [2.75, 3.05) is 7.11 Å². The van der Waals surface area contributed by atoms with Gasteiger partial charge in [-0.25, -0.2) is 0 Å². The summed E-state index contributed by atoms with van der Waals surface area (Å²) in [6.45, 7) is 11.0. The minimum absolute atomic E-state index is 0.241. The molecule has 3 rings (SSSR count). The van der Waals surface area contributed by atoms with E-state index < -0.39 is 6.41 Å². The van der Waals surface area contributed by atoms with Gasteiger partial charge in [0, 0.05) is 13.2 Å². The lowest BCUT2D eigenvalue weighted by molar-refractivity contribution is -0.791. The lowest BCUT2D eigenvalue weighted by Gasteiger charge is -2.19. The van der Waals surface area contributed by atoms with E-state index >= 15 is 0 Å². The molecule has 0 aliphatic rings. The molecule has 0 unspecified atom stereocenters. The predicted octanol–water partition coefficient (Wildman–Crippen LogP) is 5.09. The second-order valence-electron chi connectivity index (χ2n) is 8.61. The Labute approximate surface area is 162 Å². The van der Waals surface area contributed by atoms with E-state index in [2.05, 4.69) is 77.1 Å². The highest BCUT2D eigenvalue weighted by Gasteiger charge is 2.25. The van der Waals surface area contributed by atoms with Crippen molar-refractivity contribution in [1.29, 1.82) is 0 Å². The number of pyridine rings is 1. The van der Waals surface area contributed by atoms with Crippen LogP contribution in [0.15, 0.2) is 48.7 Å². The van der Waals surface area contributed by atoms with E-state index in [0.29, 0.717) is 0 Å². The van der Waals surface area contributed by atoms with E-state index in [1.165, 1.54) is 29.2 Å². The van der Waals surface area contributed by atoms with Gasteiger partial charge in [0.2, 0.25) is 5.69 Å². The van der Waals surface area contributed by atoms with Gasteiger partial charge in [0.05, 0.1) is 10.9 Å². The third-order valence-corrected chi connectivity index (χ3v) is 4.88. The Kier molecular flexibility index (Phi) is 5.36. The highest BCUT2D eigenvalue weighted by Crippen LogP contribution is 2.31. The first kappa shape index (κ1) is 19.5. The van der Waals surface area contributed by atoms with Crippen LogP contribution >= 0.6 is 0 Å². The Balaban J connectivity index is 2.28. The van der Waals surface area contributed by atoms with Crippen LogP contribution in [0.5, 0.6) is 0 Å². The Hall–Kier alpha value is -2.23. The topological polar surface area (TPSA) is 33.3 Å². The number of benzene rings is 2. The van der Waals surface area contributed by atoms with Crippen LogP contribution < -0.4 is 4.57 Å². The molecular weight excluding hydrogens is 334 g/mol. The molecule has 0 saturated heterocycles. The van der Waals surface area contributed by atoms with E-state index in [-0.39, 0.29) is 5.41 Å². The van der Waals surface area contributed by atoms with E-state index in [0.717, 1.165) is 23.1 Å². The van der Waals surface area contributed by atoms with Gasteiger partial charge in [-0.1, -0.05) is 50.6 Å². The maximum atomic E-state index is 10.4. The summed E-state index contributed by atoms with van der Waals surface area (Å²) in [6, 6.07) is 15.1. The number of aliphatic hydroxyl groups is 1. The quantitative estimate of drug-likeness (QED) is 0.516. The van der Waals surface area contributed by atoms with Crippen LogP contribution in [-0.4, -0.2) is 12.2 Å². The average Bonchev–Trinajstić information content (AvgIpc) is 2.60. The maximum Gasteiger partial charge on any atom is 0.378 e. The summed E-state index contributed by atoms with van der Waals surface area (Å²) in [6.07, 6.45) is 1.91.